The summed E-state index contributed by atoms with van der Waals surface area (Å²) in [6.07, 6.45) is 1.46. The van der Waals surface area contributed by atoms with E-state index in [2.05, 4.69) is 16.8 Å². The van der Waals surface area contributed by atoms with Crippen molar-refractivity contribution in [1.29, 1.82) is 0 Å². The van der Waals surface area contributed by atoms with Gasteiger partial charge in [-0.05, 0) is 51.7 Å². The lowest BCUT2D eigenvalue weighted by atomic mass is 9.98. The van der Waals surface area contributed by atoms with Gasteiger partial charge in [0.25, 0.3) is 0 Å². The van der Waals surface area contributed by atoms with Gasteiger partial charge >= 0.3 is 0 Å². The van der Waals surface area contributed by atoms with Crippen LogP contribution in [-0.4, -0.2) is 55.6 Å². The van der Waals surface area contributed by atoms with Crippen LogP contribution in [0.15, 0.2) is 18.2 Å². The van der Waals surface area contributed by atoms with E-state index in [1.807, 2.05) is 7.05 Å². The summed E-state index contributed by atoms with van der Waals surface area (Å²) in [6.45, 7) is 2.88. The fourth-order valence-electron chi connectivity index (χ4n) is 2.86. The highest BCUT2D eigenvalue weighted by Gasteiger charge is 2.27. The van der Waals surface area contributed by atoms with E-state index in [0.29, 0.717) is 12.0 Å². The second-order valence-electron chi connectivity index (χ2n) is 5.74. The van der Waals surface area contributed by atoms with Crippen LogP contribution in [0.2, 0.25) is 0 Å². The number of hydrogen-bond donors (Lipinski definition) is 1. The van der Waals surface area contributed by atoms with Crippen LogP contribution in [0.3, 0.4) is 0 Å². The minimum absolute atomic E-state index is 0.158. The van der Waals surface area contributed by atoms with Crippen LogP contribution in [-0.2, 0) is 6.42 Å². The molecule has 1 aromatic carbocycles. The number of likely N-dealkylation sites (N-methyl/N-ethyl adjacent to an activating group) is 2. The molecule has 0 radical (unpaired) electrons. The van der Waals surface area contributed by atoms with Gasteiger partial charge in [0, 0.05) is 18.6 Å². The highest BCUT2D eigenvalue weighted by molar-refractivity contribution is 5.20. The fourth-order valence-corrected chi connectivity index (χ4v) is 2.86. The van der Waals surface area contributed by atoms with Crippen molar-refractivity contribution in [1.82, 2.24) is 9.80 Å². The van der Waals surface area contributed by atoms with Gasteiger partial charge in [0.1, 0.15) is 0 Å². The van der Waals surface area contributed by atoms with Gasteiger partial charge in [-0.2, -0.15) is 0 Å². The van der Waals surface area contributed by atoms with Crippen molar-refractivity contribution in [2.75, 3.05) is 33.7 Å². The van der Waals surface area contributed by atoms with Crippen LogP contribution in [0.4, 0.5) is 8.78 Å². The zero-order valence-corrected chi connectivity index (χ0v) is 12.1. The summed E-state index contributed by atoms with van der Waals surface area (Å²) in [7, 11) is 4.12. The molecule has 1 fully saturated rings. The van der Waals surface area contributed by atoms with Gasteiger partial charge in [-0.3, -0.25) is 0 Å². The molecule has 2 unspecified atom stereocenters. The first-order chi connectivity index (χ1) is 9.49. The van der Waals surface area contributed by atoms with E-state index in [0.717, 1.165) is 32.1 Å². The Hall–Kier alpha value is -1.04. The number of nitrogens with zero attached hydrogens (tertiary/aromatic N) is 2. The molecule has 0 amide bonds. The second kappa shape index (κ2) is 6.61. The van der Waals surface area contributed by atoms with Crippen LogP contribution in [0.5, 0.6) is 0 Å². The minimum atomic E-state index is -0.805. The number of rotatable bonds is 3. The first kappa shape index (κ1) is 15.4. The first-order valence-corrected chi connectivity index (χ1v) is 7.06. The van der Waals surface area contributed by atoms with Crippen LogP contribution < -0.4 is 5.73 Å². The van der Waals surface area contributed by atoms with Crippen molar-refractivity contribution < 1.29 is 8.78 Å². The highest BCUT2D eigenvalue weighted by Crippen LogP contribution is 2.17. The maximum atomic E-state index is 13.7. The monoisotopic (exact) mass is 283 g/mol. The summed E-state index contributed by atoms with van der Waals surface area (Å²) in [6, 6.07) is 4.22. The summed E-state index contributed by atoms with van der Waals surface area (Å²) in [4.78, 5) is 4.47. The van der Waals surface area contributed by atoms with E-state index in [1.165, 1.54) is 6.07 Å². The van der Waals surface area contributed by atoms with Crippen molar-refractivity contribution >= 4 is 0 Å². The van der Waals surface area contributed by atoms with Crippen LogP contribution in [0.25, 0.3) is 0 Å². The Labute approximate surface area is 119 Å². The Morgan fingerprint density at radius 1 is 1.30 bits per heavy atom. The third kappa shape index (κ3) is 3.53. The molecule has 0 spiro atoms. The van der Waals surface area contributed by atoms with Gasteiger partial charge in [0.05, 0.1) is 0 Å². The van der Waals surface area contributed by atoms with Crippen molar-refractivity contribution in [3.8, 4) is 0 Å². The van der Waals surface area contributed by atoms with Crippen molar-refractivity contribution in [2.45, 2.75) is 24.9 Å². The van der Waals surface area contributed by atoms with Gasteiger partial charge in [0.2, 0.25) is 0 Å². The smallest absolute Gasteiger partial charge is 0.162 e. The summed E-state index contributed by atoms with van der Waals surface area (Å²) >= 11 is 0. The molecular weight excluding hydrogens is 260 g/mol. The molecule has 0 bridgehead atoms. The number of nitrogens with two attached hydrogens (primary N) is 1. The SMILES string of the molecule is CN1CCCN(C)C(C(N)Cc2cccc(F)c2F)C1. The molecule has 1 aliphatic rings. The first-order valence-electron chi connectivity index (χ1n) is 7.06. The van der Waals surface area contributed by atoms with E-state index in [1.54, 1.807) is 6.07 Å². The third-order valence-corrected chi connectivity index (χ3v) is 4.10. The summed E-state index contributed by atoms with van der Waals surface area (Å²) in [5, 5.41) is 0. The maximum absolute atomic E-state index is 13.7. The van der Waals surface area contributed by atoms with Crippen molar-refractivity contribution in [3.63, 3.8) is 0 Å². The molecule has 1 heterocycles. The average molecular weight is 283 g/mol. The van der Waals surface area contributed by atoms with E-state index in [9.17, 15) is 8.78 Å². The third-order valence-electron chi connectivity index (χ3n) is 4.10. The number of halogens is 2. The predicted octanol–water partition coefficient (Wildman–Crippen LogP) is 1.47. The fraction of sp³-hybridized carbons (Fsp3) is 0.600. The minimum Gasteiger partial charge on any atom is -0.326 e. The number of hydrogen-bond acceptors (Lipinski definition) is 3. The van der Waals surface area contributed by atoms with Gasteiger partial charge in [-0.25, -0.2) is 8.78 Å². The highest BCUT2D eigenvalue weighted by atomic mass is 19.2. The van der Waals surface area contributed by atoms with Gasteiger partial charge < -0.3 is 15.5 Å². The molecular formula is C15H23F2N3. The molecule has 1 saturated heterocycles. The standard InChI is InChI=1S/C15H23F2N3/c1-19-7-4-8-20(2)14(10-19)13(18)9-11-5-3-6-12(16)15(11)17/h3,5-6,13-14H,4,7-10,18H2,1-2H3. The lowest BCUT2D eigenvalue weighted by Gasteiger charge is -2.32. The van der Waals surface area contributed by atoms with E-state index < -0.39 is 11.6 Å². The average Bonchev–Trinajstić information content (AvgIpc) is 2.57. The Morgan fingerprint density at radius 3 is 2.80 bits per heavy atom. The molecule has 3 nitrogen and oxygen atoms in total. The largest absolute Gasteiger partial charge is 0.326 e. The predicted molar refractivity (Wildman–Crippen MR) is 76.6 cm³/mol. The Kier molecular flexibility index (Phi) is 5.07. The quantitative estimate of drug-likeness (QED) is 0.912. The van der Waals surface area contributed by atoms with E-state index in [-0.39, 0.29) is 12.1 Å². The zero-order chi connectivity index (χ0) is 14.7. The summed E-state index contributed by atoms with van der Waals surface area (Å²) < 4.78 is 27.0. The molecule has 0 aliphatic carbocycles. The summed E-state index contributed by atoms with van der Waals surface area (Å²) in [5.41, 5.74) is 6.62. The molecule has 2 rings (SSSR count). The zero-order valence-electron chi connectivity index (χ0n) is 12.1. The molecule has 2 atom stereocenters. The molecule has 1 aliphatic heterocycles. The Bertz CT molecular complexity index is 453. The Balaban J connectivity index is 2.09. The lowest BCUT2D eigenvalue weighted by Crippen LogP contribution is -2.51. The Morgan fingerprint density at radius 2 is 2.05 bits per heavy atom. The molecule has 0 saturated carbocycles. The van der Waals surface area contributed by atoms with Crippen LogP contribution in [0.1, 0.15) is 12.0 Å². The van der Waals surface area contributed by atoms with E-state index in [4.69, 9.17) is 5.73 Å². The van der Waals surface area contributed by atoms with Crippen LogP contribution >= 0.6 is 0 Å². The lowest BCUT2D eigenvalue weighted by molar-refractivity contribution is 0.194. The molecule has 2 N–H and O–H groups in total. The second-order valence-corrected chi connectivity index (χ2v) is 5.74. The summed E-state index contributed by atoms with van der Waals surface area (Å²) in [5.74, 6) is -1.58. The molecule has 112 valence electrons. The normalized spacial score (nSPS) is 23.6. The maximum Gasteiger partial charge on any atom is 0.162 e. The molecule has 0 aromatic heterocycles. The van der Waals surface area contributed by atoms with Gasteiger partial charge in [-0.1, -0.05) is 12.1 Å². The van der Waals surface area contributed by atoms with Gasteiger partial charge in [-0.15, -0.1) is 0 Å². The molecule has 1 aromatic rings. The van der Waals surface area contributed by atoms with Crippen molar-refractivity contribution in [3.05, 3.63) is 35.4 Å². The van der Waals surface area contributed by atoms with Crippen LogP contribution in [0, 0.1) is 11.6 Å². The molecule has 5 heteroatoms. The van der Waals surface area contributed by atoms with E-state index >= 15 is 0 Å². The number of benzene rings is 1. The topological polar surface area (TPSA) is 32.5 Å². The van der Waals surface area contributed by atoms with Crippen molar-refractivity contribution in [2.24, 2.45) is 5.73 Å². The molecule has 20 heavy (non-hydrogen) atoms. The van der Waals surface area contributed by atoms with Gasteiger partial charge in [0.15, 0.2) is 11.6 Å².